The third-order valence-electron chi connectivity index (χ3n) is 2.18. The molecule has 0 fully saturated rings. The molecule has 17 heavy (non-hydrogen) atoms. The number of aryl methyl sites for hydroxylation is 1. The number of esters is 1. The highest BCUT2D eigenvalue weighted by molar-refractivity contribution is 9.10. The number of benzene rings is 1. The predicted molar refractivity (Wildman–Crippen MR) is 72.9 cm³/mol. The van der Waals surface area contributed by atoms with Gasteiger partial charge in [0.25, 0.3) is 0 Å². The molecule has 0 N–H and O–H groups in total. The van der Waals surface area contributed by atoms with E-state index >= 15 is 0 Å². The fourth-order valence-corrected chi connectivity index (χ4v) is 1.74. The van der Waals surface area contributed by atoms with Crippen LogP contribution < -0.4 is 0 Å². The molecule has 0 atom stereocenters. The van der Waals surface area contributed by atoms with Crippen molar-refractivity contribution in [1.82, 2.24) is 0 Å². The average Bonchev–Trinajstić information content (AvgIpc) is 2.18. The van der Waals surface area contributed by atoms with Crippen LogP contribution in [-0.2, 0) is 16.0 Å². The van der Waals surface area contributed by atoms with Crippen molar-refractivity contribution in [3.8, 4) is 0 Å². The highest BCUT2D eigenvalue weighted by Gasteiger charge is 2.15. The van der Waals surface area contributed by atoms with Gasteiger partial charge in [0.05, 0.1) is 0 Å². The van der Waals surface area contributed by atoms with E-state index in [9.17, 15) is 4.79 Å². The summed E-state index contributed by atoms with van der Waals surface area (Å²) in [5.41, 5.74) is 0.867. The number of hydrogen-bond donors (Lipinski definition) is 0. The molecule has 0 aliphatic heterocycles. The minimum atomic E-state index is -0.380. The van der Waals surface area contributed by atoms with Gasteiger partial charge in [-0.1, -0.05) is 28.1 Å². The first-order valence-corrected chi connectivity index (χ1v) is 6.62. The lowest BCUT2D eigenvalue weighted by Gasteiger charge is -2.19. The molecule has 1 rings (SSSR count). The molecule has 0 heterocycles. The SMILES string of the molecule is CC(C)(C)OC(=O)CCCc1ccc(Br)cc1. The van der Waals surface area contributed by atoms with Crippen LogP contribution in [0.4, 0.5) is 0 Å². The first-order chi connectivity index (χ1) is 7.87. The first-order valence-electron chi connectivity index (χ1n) is 5.83. The summed E-state index contributed by atoms with van der Waals surface area (Å²) in [7, 11) is 0. The third-order valence-corrected chi connectivity index (χ3v) is 2.71. The third kappa shape index (κ3) is 6.47. The molecule has 3 heteroatoms. The second kappa shape index (κ2) is 6.20. The van der Waals surface area contributed by atoms with E-state index in [2.05, 4.69) is 28.1 Å². The lowest BCUT2D eigenvalue weighted by Crippen LogP contribution is -2.23. The molecule has 94 valence electrons. The van der Waals surface area contributed by atoms with Gasteiger partial charge in [-0.25, -0.2) is 0 Å². The molecule has 2 nitrogen and oxygen atoms in total. The lowest BCUT2D eigenvalue weighted by molar-refractivity contribution is -0.154. The van der Waals surface area contributed by atoms with Gasteiger partial charge in [0, 0.05) is 10.9 Å². The number of ether oxygens (including phenoxy) is 1. The zero-order valence-electron chi connectivity index (χ0n) is 10.6. The zero-order chi connectivity index (χ0) is 12.9. The van der Waals surface area contributed by atoms with Gasteiger partial charge in [-0.2, -0.15) is 0 Å². The Labute approximate surface area is 111 Å². The molecule has 0 aliphatic carbocycles. The maximum atomic E-state index is 11.5. The molecule has 0 saturated carbocycles. The number of halogens is 1. The molecule has 0 radical (unpaired) electrons. The Hall–Kier alpha value is -0.830. The quantitative estimate of drug-likeness (QED) is 0.782. The van der Waals surface area contributed by atoms with Crippen LogP contribution in [0.3, 0.4) is 0 Å². The Balaban J connectivity index is 2.28. The highest BCUT2D eigenvalue weighted by Crippen LogP contribution is 2.14. The van der Waals surface area contributed by atoms with E-state index in [0.29, 0.717) is 6.42 Å². The van der Waals surface area contributed by atoms with E-state index in [0.717, 1.165) is 17.3 Å². The number of hydrogen-bond acceptors (Lipinski definition) is 2. The van der Waals surface area contributed by atoms with Crippen molar-refractivity contribution in [2.45, 2.75) is 45.6 Å². The predicted octanol–water partition coefficient (Wildman–Crippen LogP) is 4.11. The van der Waals surface area contributed by atoms with Crippen molar-refractivity contribution in [3.05, 3.63) is 34.3 Å². The fraction of sp³-hybridized carbons (Fsp3) is 0.500. The molecule has 0 unspecified atom stereocenters. The van der Waals surface area contributed by atoms with E-state index < -0.39 is 0 Å². The smallest absolute Gasteiger partial charge is 0.306 e. The largest absolute Gasteiger partial charge is 0.460 e. The van der Waals surface area contributed by atoms with E-state index in [4.69, 9.17) is 4.74 Å². The van der Waals surface area contributed by atoms with Gasteiger partial charge in [0.1, 0.15) is 5.60 Å². The number of carbonyl (C=O) groups excluding carboxylic acids is 1. The van der Waals surface area contributed by atoms with E-state index in [1.165, 1.54) is 5.56 Å². The maximum Gasteiger partial charge on any atom is 0.306 e. The fourth-order valence-electron chi connectivity index (χ4n) is 1.48. The summed E-state index contributed by atoms with van der Waals surface area (Å²) in [6.07, 6.45) is 2.22. The molecule has 0 amide bonds. The molecule has 1 aromatic rings. The summed E-state index contributed by atoms with van der Waals surface area (Å²) in [5.74, 6) is -0.116. The molecule has 0 saturated heterocycles. The van der Waals surface area contributed by atoms with Gasteiger partial charge >= 0.3 is 5.97 Å². The Bertz CT molecular complexity index is 363. The van der Waals surface area contributed by atoms with E-state index in [1.807, 2.05) is 32.9 Å². The van der Waals surface area contributed by atoms with Crippen molar-refractivity contribution >= 4 is 21.9 Å². The van der Waals surface area contributed by atoms with Crippen LogP contribution in [0, 0.1) is 0 Å². The van der Waals surface area contributed by atoms with Crippen LogP contribution in [0.15, 0.2) is 28.7 Å². The highest BCUT2D eigenvalue weighted by atomic mass is 79.9. The molecule has 1 aromatic carbocycles. The number of rotatable bonds is 4. The molecule has 0 aromatic heterocycles. The average molecular weight is 299 g/mol. The van der Waals surface area contributed by atoms with Gasteiger partial charge in [-0.05, 0) is 51.3 Å². The van der Waals surface area contributed by atoms with Crippen molar-refractivity contribution in [2.24, 2.45) is 0 Å². The Morgan fingerprint density at radius 1 is 1.24 bits per heavy atom. The van der Waals surface area contributed by atoms with Crippen molar-refractivity contribution in [1.29, 1.82) is 0 Å². The van der Waals surface area contributed by atoms with Crippen LogP contribution in [-0.4, -0.2) is 11.6 Å². The van der Waals surface area contributed by atoms with Crippen LogP contribution in [0.5, 0.6) is 0 Å². The van der Waals surface area contributed by atoms with Crippen molar-refractivity contribution < 1.29 is 9.53 Å². The summed E-state index contributed by atoms with van der Waals surface area (Å²) in [6.45, 7) is 5.67. The summed E-state index contributed by atoms with van der Waals surface area (Å²) in [5, 5.41) is 0. The maximum absolute atomic E-state index is 11.5. The van der Waals surface area contributed by atoms with Gasteiger partial charge in [0.15, 0.2) is 0 Å². The van der Waals surface area contributed by atoms with Gasteiger partial charge in [-0.15, -0.1) is 0 Å². The monoisotopic (exact) mass is 298 g/mol. The summed E-state index contributed by atoms with van der Waals surface area (Å²) < 4.78 is 6.33. The molecular formula is C14H19BrO2. The summed E-state index contributed by atoms with van der Waals surface area (Å²) in [6, 6.07) is 8.17. The van der Waals surface area contributed by atoms with Gasteiger partial charge in [-0.3, -0.25) is 4.79 Å². The Morgan fingerprint density at radius 3 is 2.35 bits per heavy atom. The molecular weight excluding hydrogens is 280 g/mol. The van der Waals surface area contributed by atoms with Gasteiger partial charge in [0.2, 0.25) is 0 Å². The summed E-state index contributed by atoms with van der Waals surface area (Å²) in [4.78, 5) is 11.5. The van der Waals surface area contributed by atoms with Gasteiger partial charge < -0.3 is 4.74 Å². The standard InChI is InChI=1S/C14H19BrO2/c1-14(2,3)17-13(16)6-4-5-11-7-9-12(15)10-8-11/h7-10H,4-6H2,1-3H3. The van der Waals surface area contributed by atoms with Crippen molar-refractivity contribution in [3.63, 3.8) is 0 Å². The Kier molecular flexibility index (Phi) is 5.19. The van der Waals surface area contributed by atoms with Crippen LogP contribution in [0.25, 0.3) is 0 Å². The number of carbonyl (C=O) groups is 1. The lowest BCUT2D eigenvalue weighted by atomic mass is 10.1. The van der Waals surface area contributed by atoms with E-state index in [-0.39, 0.29) is 11.6 Å². The van der Waals surface area contributed by atoms with Crippen LogP contribution >= 0.6 is 15.9 Å². The molecule has 0 spiro atoms. The molecule has 0 bridgehead atoms. The summed E-state index contributed by atoms with van der Waals surface area (Å²) >= 11 is 3.40. The second-order valence-corrected chi connectivity index (χ2v) is 5.98. The zero-order valence-corrected chi connectivity index (χ0v) is 12.2. The van der Waals surface area contributed by atoms with Crippen LogP contribution in [0.1, 0.15) is 39.2 Å². The first kappa shape index (κ1) is 14.2. The minimum absolute atomic E-state index is 0.116. The normalized spacial score (nSPS) is 11.3. The Morgan fingerprint density at radius 2 is 1.82 bits per heavy atom. The molecule has 0 aliphatic rings. The van der Waals surface area contributed by atoms with E-state index in [1.54, 1.807) is 0 Å². The second-order valence-electron chi connectivity index (χ2n) is 5.07. The van der Waals surface area contributed by atoms with Crippen molar-refractivity contribution in [2.75, 3.05) is 0 Å². The topological polar surface area (TPSA) is 26.3 Å². The minimum Gasteiger partial charge on any atom is -0.460 e. The van der Waals surface area contributed by atoms with Crippen LogP contribution in [0.2, 0.25) is 0 Å².